The lowest BCUT2D eigenvalue weighted by molar-refractivity contribution is -0.156. The van der Waals surface area contributed by atoms with E-state index in [1.54, 1.807) is 0 Å². The third-order valence-corrected chi connectivity index (χ3v) is 4.40. The van der Waals surface area contributed by atoms with Crippen LogP contribution in [0.3, 0.4) is 0 Å². The fraction of sp³-hybridized carbons (Fsp3) is 0.286. The van der Waals surface area contributed by atoms with Crippen LogP contribution in [0, 0.1) is 0 Å². The smallest absolute Gasteiger partial charge is 0.248 e. The normalized spacial score (nSPS) is 14.4. The Kier molecular flexibility index (Phi) is 6.20. The SMILES string of the molecule is O=C(CCOc1ccccc1)N1CC(=O)N(CCc2ccccc2)C(=O)C1. The maximum atomic E-state index is 12.3. The second-order valence-electron chi connectivity index (χ2n) is 6.34. The summed E-state index contributed by atoms with van der Waals surface area (Å²) in [6.07, 6.45) is 0.733. The van der Waals surface area contributed by atoms with Crippen LogP contribution in [0.25, 0.3) is 0 Å². The molecule has 1 aliphatic rings. The van der Waals surface area contributed by atoms with Crippen LogP contribution < -0.4 is 4.74 Å². The highest BCUT2D eigenvalue weighted by Crippen LogP contribution is 2.11. The molecule has 1 saturated heterocycles. The molecule has 27 heavy (non-hydrogen) atoms. The molecule has 0 bridgehead atoms. The number of para-hydroxylation sites is 1. The van der Waals surface area contributed by atoms with Crippen molar-refractivity contribution < 1.29 is 19.1 Å². The molecule has 0 radical (unpaired) electrons. The average Bonchev–Trinajstić information content (AvgIpc) is 2.69. The van der Waals surface area contributed by atoms with Gasteiger partial charge in [-0.15, -0.1) is 0 Å². The van der Waals surface area contributed by atoms with Gasteiger partial charge in [0.05, 0.1) is 13.0 Å². The van der Waals surface area contributed by atoms with E-state index in [0.29, 0.717) is 18.7 Å². The molecule has 0 aliphatic carbocycles. The van der Waals surface area contributed by atoms with Gasteiger partial charge >= 0.3 is 0 Å². The van der Waals surface area contributed by atoms with Crippen molar-refractivity contribution in [1.29, 1.82) is 0 Å². The Hall–Kier alpha value is -3.15. The molecule has 140 valence electrons. The number of carbonyl (C=O) groups excluding carboxylic acids is 3. The first-order chi connectivity index (χ1) is 13.1. The van der Waals surface area contributed by atoms with Crippen LogP contribution in [0.5, 0.6) is 5.75 Å². The van der Waals surface area contributed by atoms with Gasteiger partial charge in [0.1, 0.15) is 18.8 Å². The van der Waals surface area contributed by atoms with Crippen molar-refractivity contribution in [2.45, 2.75) is 12.8 Å². The summed E-state index contributed by atoms with van der Waals surface area (Å²) in [5.41, 5.74) is 1.06. The fourth-order valence-corrected chi connectivity index (χ4v) is 2.93. The Morgan fingerprint density at radius 1 is 0.889 bits per heavy atom. The predicted molar refractivity (Wildman–Crippen MR) is 100 cm³/mol. The molecule has 2 aromatic rings. The average molecular weight is 366 g/mol. The number of hydrogen-bond donors (Lipinski definition) is 0. The van der Waals surface area contributed by atoms with Crippen molar-refractivity contribution in [2.75, 3.05) is 26.2 Å². The van der Waals surface area contributed by atoms with Crippen molar-refractivity contribution in [3.8, 4) is 5.75 Å². The lowest BCUT2D eigenvalue weighted by Crippen LogP contribution is -2.56. The fourth-order valence-electron chi connectivity index (χ4n) is 2.93. The zero-order chi connectivity index (χ0) is 19.1. The molecule has 0 N–H and O–H groups in total. The summed E-state index contributed by atoms with van der Waals surface area (Å²) in [6, 6.07) is 18.9. The second-order valence-corrected chi connectivity index (χ2v) is 6.34. The molecule has 6 heteroatoms. The highest BCUT2D eigenvalue weighted by atomic mass is 16.5. The van der Waals surface area contributed by atoms with E-state index in [-0.39, 0.29) is 43.8 Å². The molecule has 0 spiro atoms. The largest absolute Gasteiger partial charge is 0.493 e. The van der Waals surface area contributed by atoms with Gasteiger partial charge in [-0.1, -0.05) is 48.5 Å². The molecule has 0 aromatic heterocycles. The van der Waals surface area contributed by atoms with Crippen LogP contribution in [0.15, 0.2) is 60.7 Å². The number of imide groups is 1. The highest BCUT2D eigenvalue weighted by molar-refractivity contribution is 6.02. The Labute approximate surface area is 158 Å². The van der Waals surface area contributed by atoms with Crippen molar-refractivity contribution in [3.05, 3.63) is 66.2 Å². The zero-order valence-corrected chi connectivity index (χ0v) is 15.0. The van der Waals surface area contributed by atoms with Crippen molar-refractivity contribution in [3.63, 3.8) is 0 Å². The van der Waals surface area contributed by atoms with Crippen LogP contribution >= 0.6 is 0 Å². The first kappa shape index (κ1) is 18.6. The minimum atomic E-state index is -0.334. The van der Waals surface area contributed by atoms with Crippen molar-refractivity contribution in [1.82, 2.24) is 9.80 Å². The molecule has 1 aliphatic heterocycles. The quantitative estimate of drug-likeness (QED) is 0.702. The summed E-state index contributed by atoms with van der Waals surface area (Å²) in [5.74, 6) is -0.238. The predicted octanol–water partition coefficient (Wildman–Crippen LogP) is 1.90. The minimum absolute atomic E-state index is 0.0648. The summed E-state index contributed by atoms with van der Waals surface area (Å²) in [6.45, 7) is 0.412. The molecule has 1 heterocycles. The number of amides is 3. The Morgan fingerprint density at radius 3 is 2.11 bits per heavy atom. The van der Waals surface area contributed by atoms with Gasteiger partial charge in [-0.3, -0.25) is 19.3 Å². The number of benzene rings is 2. The number of carbonyl (C=O) groups is 3. The maximum Gasteiger partial charge on any atom is 0.248 e. The van der Waals surface area contributed by atoms with E-state index in [1.807, 2.05) is 60.7 Å². The Balaban J connectivity index is 1.46. The third kappa shape index (κ3) is 5.17. The number of piperazine rings is 1. The van der Waals surface area contributed by atoms with Crippen molar-refractivity contribution in [2.24, 2.45) is 0 Å². The van der Waals surface area contributed by atoms with Gasteiger partial charge < -0.3 is 9.64 Å². The zero-order valence-electron chi connectivity index (χ0n) is 15.0. The van der Waals surface area contributed by atoms with Crippen LogP contribution in [0.1, 0.15) is 12.0 Å². The third-order valence-electron chi connectivity index (χ3n) is 4.40. The van der Waals surface area contributed by atoms with E-state index >= 15 is 0 Å². The molecule has 3 amide bonds. The van der Waals surface area contributed by atoms with Gasteiger partial charge in [0.25, 0.3) is 0 Å². The van der Waals surface area contributed by atoms with Gasteiger partial charge in [-0.25, -0.2) is 0 Å². The number of hydrogen-bond acceptors (Lipinski definition) is 4. The van der Waals surface area contributed by atoms with E-state index in [1.165, 1.54) is 9.80 Å². The van der Waals surface area contributed by atoms with E-state index in [0.717, 1.165) is 5.56 Å². The van der Waals surface area contributed by atoms with Crippen LogP contribution in [-0.2, 0) is 20.8 Å². The first-order valence-electron chi connectivity index (χ1n) is 8.96. The highest BCUT2D eigenvalue weighted by Gasteiger charge is 2.32. The number of rotatable bonds is 7. The summed E-state index contributed by atoms with van der Waals surface area (Å²) < 4.78 is 5.50. The van der Waals surface area contributed by atoms with E-state index in [4.69, 9.17) is 4.74 Å². The second kappa shape index (κ2) is 8.98. The molecule has 1 fully saturated rings. The van der Waals surface area contributed by atoms with E-state index in [2.05, 4.69) is 0 Å². The molecular formula is C21H22N2O4. The summed E-state index contributed by atoms with van der Waals surface area (Å²) in [4.78, 5) is 39.5. The molecule has 6 nitrogen and oxygen atoms in total. The lowest BCUT2D eigenvalue weighted by Gasteiger charge is -2.32. The molecule has 3 rings (SSSR count). The van der Waals surface area contributed by atoms with Gasteiger partial charge in [-0.2, -0.15) is 0 Å². The monoisotopic (exact) mass is 366 g/mol. The van der Waals surface area contributed by atoms with Crippen molar-refractivity contribution >= 4 is 17.7 Å². The first-order valence-corrected chi connectivity index (χ1v) is 8.96. The molecular weight excluding hydrogens is 344 g/mol. The van der Waals surface area contributed by atoms with E-state index in [9.17, 15) is 14.4 Å². The summed E-state index contributed by atoms with van der Waals surface area (Å²) >= 11 is 0. The maximum absolute atomic E-state index is 12.3. The summed E-state index contributed by atoms with van der Waals surface area (Å²) in [5, 5.41) is 0. The van der Waals surface area contributed by atoms with Crippen LogP contribution in [0.2, 0.25) is 0 Å². The Bertz CT molecular complexity index is 774. The number of nitrogens with zero attached hydrogens (tertiary/aromatic N) is 2. The standard InChI is InChI=1S/C21H22N2O4/c24-19(12-14-27-18-9-5-2-6-10-18)22-15-20(25)23(21(26)16-22)13-11-17-7-3-1-4-8-17/h1-10H,11-16H2. The molecule has 0 atom stereocenters. The summed E-state index contributed by atoms with van der Waals surface area (Å²) in [7, 11) is 0. The Morgan fingerprint density at radius 2 is 1.48 bits per heavy atom. The van der Waals surface area contributed by atoms with Crippen LogP contribution in [-0.4, -0.2) is 53.8 Å². The van der Waals surface area contributed by atoms with Gasteiger partial charge in [0.2, 0.25) is 17.7 Å². The van der Waals surface area contributed by atoms with Crippen LogP contribution in [0.4, 0.5) is 0 Å². The number of ether oxygens (including phenoxy) is 1. The molecule has 0 unspecified atom stereocenters. The molecule has 0 saturated carbocycles. The van der Waals surface area contributed by atoms with Gasteiger partial charge in [0, 0.05) is 6.54 Å². The van der Waals surface area contributed by atoms with Gasteiger partial charge in [0.15, 0.2) is 0 Å². The van der Waals surface area contributed by atoms with Gasteiger partial charge in [-0.05, 0) is 24.1 Å². The molecule has 2 aromatic carbocycles. The minimum Gasteiger partial charge on any atom is -0.493 e. The topological polar surface area (TPSA) is 66.9 Å². The lowest BCUT2D eigenvalue weighted by atomic mass is 10.1. The van der Waals surface area contributed by atoms with E-state index < -0.39 is 0 Å².